The van der Waals surface area contributed by atoms with Crippen LogP contribution in [-0.4, -0.2) is 0 Å². The zero-order valence-corrected chi connectivity index (χ0v) is 7.00. The van der Waals surface area contributed by atoms with E-state index in [4.69, 9.17) is 0 Å². The molecule has 0 aromatic rings. The van der Waals surface area contributed by atoms with Crippen molar-refractivity contribution in [3.05, 3.63) is 23.6 Å². The molecule has 58 valence electrons. The minimum atomic E-state index is -0.123. The van der Waals surface area contributed by atoms with E-state index in [2.05, 4.69) is 6.58 Å². The normalized spacial score (nSPS) is 12.8. The molecule has 0 aromatic heterocycles. The smallest absolute Gasteiger partial charge is 0.124 e. The molecule has 0 fully saturated rings. The molecule has 0 N–H and O–H groups in total. The highest BCUT2D eigenvalue weighted by Gasteiger charge is 1.99. The predicted molar refractivity (Wildman–Crippen MR) is 43.5 cm³/mol. The summed E-state index contributed by atoms with van der Waals surface area (Å²) < 4.78 is 12.9. The van der Waals surface area contributed by atoms with E-state index in [1.54, 1.807) is 6.92 Å². The molecule has 0 atom stereocenters. The van der Waals surface area contributed by atoms with E-state index in [0.29, 0.717) is 5.57 Å². The second kappa shape index (κ2) is 4.26. The summed E-state index contributed by atoms with van der Waals surface area (Å²) in [5, 5.41) is 0. The highest BCUT2D eigenvalue weighted by Crippen LogP contribution is 2.17. The molecule has 0 spiro atoms. The summed E-state index contributed by atoms with van der Waals surface area (Å²) >= 11 is 0. The number of hydrogen-bond acceptors (Lipinski definition) is 0. The zero-order chi connectivity index (χ0) is 8.15. The Bertz CT molecular complexity index is 154. The van der Waals surface area contributed by atoms with Crippen molar-refractivity contribution in [1.82, 2.24) is 0 Å². The third kappa shape index (κ3) is 2.81. The van der Waals surface area contributed by atoms with Crippen molar-refractivity contribution >= 4 is 0 Å². The van der Waals surface area contributed by atoms with Gasteiger partial charge in [0.05, 0.1) is 0 Å². The molecule has 0 bridgehead atoms. The number of allylic oxidation sites excluding steroid dienone is 3. The van der Waals surface area contributed by atoms with Gasteiger partial charge < -0.3 is 0 Å². The molecular formula is C9H15F. The molecule has 0 rings (SSSR count). The minimum absolute atomic E-state index is 0.123. The van der Waals surface area contributed by atoms with Crippen molar-refractivity contribution in [2.24, 2.45) is 0 Å². The molecular weight excluding hydrogens is 127 g/mol. The molecule has 10 heavy (non-hydrogen) atoms. The Morgan fingerprint density at radius 2 is 1.90 bits per heavy atom. The van der Waals surface area contributed by atoms with Gasteiger partial charge in [-0.1, -0.05) is 19.9 Å². The fraction of sp³-hybridized carbons (Fsp3) is 0.556. The molecule has 0 aromatic carbocycles. The summed E-state index contributed by atoms with van der Waals surface area (Å²) in [6, 6.07) is 0. The van der Waals surface area contributed by atoms with Gasteiger partial charge in [-0.15, -0.1) is 0 Å². The third-order valence-electron chi connectivity index (χ3n) is 1.37. The maximum atomic E-state index is 12.9. The van der Waals surface area contributed by atoms with Crippen LogP contribution in [-0.2, 0) is 0 Å². The molecule has 0 amide bonds. The highest BCUT2D eigenvalue weighted by atomic mass is 19.1. The largest absolute Gasteiger partial charge is 0.207 e. The lowest BCUT2D eigenvalue weighted by Crippen LogP contribution is -1.83. The van der Waals surface area contributed by atoms with Gasteiger partial charge in [0.1, 0.15) is 5.83 Å². The average molecular weight is 142 g/mol. The number of hydrogen-bond donors (Lipinski definition) is 0. The lowest BCUT2D eigenvalue weighted by molar-refractivity contribution is 0.629. The van der Waals surface area contributed by atoms with Gasteiger partial charge in [0.25, 0.3) is 0 Å². The van der Waals surface area contributed by atoms with Crippen LogP contribution in [0.15, 0.2) is 23.6 Å². The summed E-state index contributed by atoms with van der Waals surface area (Å²) in [6.07, 6.45) is 1.82. The Morgan fingerprint density at radius 3 is 2.20 bits per heavy atom. The lowest BCUT2D eigenvalue weighted by atomic mass is 10.1. The topological polar surface area (TPSA) is 0 Å². The molecule has 0 aliphatic rings. The Labute approximate surface area is 62.4 Å². The van der Waals surface area contributed by atoms with Crippen LogP contribution in [0.2, 0.25) is 0 Å². The average Bonchev–Trinajstić information content (AvgIpc) is 1.87. The van der Waals surface area contributed by atoms with Gasteiger partial charge in [-0.05, 0) is 31.4 Å². The van der Waals surface area contributed by atoms with Gasteiger partial charge in [-0.25, -0.2) is 4.39 Å². The van der Waals surface area contributed by atoms with Crippen LogP contribution in [0.25, 0.3) is 0 Å². The first kappa shape index (κ1) is 9.41. The van der Waals surface area contributed by atoms with E-state index in [0.717, 1.165) is 18.4 Å². The van der Waals surface area contributed by atoms with Gasteiger partial charge in [0.2, 0.25) is 0 Å². The van der Waals surface area contributed by atoms with Gasteiger partial charge in [-0.3, -0.25) is 0 Å². The van der Waals surface area contributed by atoms with E-state index in [1.807, 2.05) is 13.8 Å². The Kier molecular flexibility index (Phi) is 4.01. The van der Waals surface area contributed by atoms with Crippen molar-refractivity contribution < 1.29 is 4.39 Å². The first-order chi connectivity index (χ1) is 4.59. The molecule has 0 nitrogen and oxygen atoms in total. The number of rotatable bonds is 3. The minimum Gasteiger partial charge on any atom is -0.207 e. The molecule has 1 heteroatoms. The van der Waals surface area contributed by atoms with E-state index in [9.17, 15) is 4.39 Å². The summed E-state index contributed by atoms with van der Waals surface area (Å²) in [5.74, 6) is -0.123. The molecule has 0 aliphatic carbocycles. The summed E-state index contributed by atoms with van der Waals surface area (Å²) in [4.78, 5) is 0. The summed E-state index contributed by atoms with van der Waals surface area (Å²) in [5.41, 5.74) is 1.35. The van der Waals surface area contributed by atoms with Crippen molar-refractivity contribution in [1.29, 1.82) is 0 Å². The molecule has 0 radical (unpaired) electrons. The fourth-order valence-corrected chi connectivity index (χ4v) is 0.849. The van der Waals surface area contributed by atoms with Crippen LogP contribution in [0.4, 0.5) is 4.39 Å². The molecule has 0 heterocycles. The Morgan fingerprint density at radius 1 is 1.40 bits per heavy atom. The first-order valence-electron chi connectivity index (χ1n) is 3.60. The van der Waals surface area contributed by atoms with Crippen LogP contribution in [0.3, 0.4) is 0 Å². The monoisotopic (exact) mass is 142 g/mol. The SMILES string of the molecule is C=C(C)/C(F)=C(/C)CCC. The molecule has 0 aliphatic heterocycles. The van der Waals surface area contributed by atoms with Gasteiger partial charge in [-0.2, -0.15) is 0 Å². The maximum Gasteiger partial charge on any atom is 0.124 e. The predicted octanol–water partition coefficient (Wildman–Crippen LogP) is 3.61. The van der Waals surface area contributed by atoms with Gasteiger partial charge in [0, 0.05) is 0 Å². The van der Waals surface area contributed by atoms with Crippen LogP contribution >= 0.6 is 0 Å². The van der Waals surface area contributed by atoms with E-state index >= 15 is 0 Å². The summed E-state index contributed by atoms with van der Waals surface area (Å²) in [6.45, 7) is 9.06. The fourth-order valence-electron chi connectivity index (χ4n) is 0.849. The lowest BCUT2D eigenvalue weighted by Gasteiger charge is -2.00. The second-order valence-electron chi connectivity index (χ2n) is 2.62. The molecule has 0 saturated carbocycles. The second-order valence-corrected chi connectivity index (χ2v) is 2.62. The van der Waals surface area contributed by atoms with Gasteiger partial charge in [0.15, 0.2) is 0 Å². The first-order valence-corrected chi connectivity index (χ1v) is 3.60. The third-order valence-corrected chi connectivity index (χ3v) is 1.37. The van der Waals surface area contributed by atoms with Crippen LogP contribution < -0.4 is 0 Å². The van der Waals surface area contributed by atoms with Gasteiger partial charge >= 0.3 is 0 Å². The zero-order valence-electron chi connectivity index (χ0n) is 7.00. The maximum absolute atomic E-state index is 12.9. The van der Waals surface area contributed by atoms with Crippen molar-refractivity contribution in [2.75, 3.05) is 0 Å². The van der Waals surface area contributed by atoms with Crippen LogP contribution in [0.1, 0.15) is 33.6 Å². The highest BCUT2D eigenvalue weighted by molar-refractivity contribution is 5.24. The van der Waals surface area contributed by atoms with Crippen molar-refractivity contribution in [2.45, 2.75) is 33.6 Å². The Hall–Kier alpha value is -0.590. The quantitative estimate of drug-likeness (QED) is 0.528. The van der Waals surface area contributed by atoms with Crippen LogP contribution in [0.5, 0.6) is 0 Å². The van der Waals surface area contributed by atoms with E-state index < -0.39 is 0 Å². The number of halogens is 1. The van der Waals surface area contributed by atoms with Crippen LogP contribution in [0, 0.1) is 0 Å². The standard InChI is InChI=1S/C9H15F/c1-5-6-8(4)9(10)7(2)3/h2,5-6H2,1,3-4H3/b9-8+. The summed E-state index contributed by atoms with van der Waals surface area (Å²) in [7, 11) is 0. The van der Waals surface area contributed by atoms with E-state index in [1.165, 1.54) is 0 Å². The van der Waals surface area contributed by atoms with E-state index in [-0.39, 0.29) is 5.83 Å². The molecule has 0 saturated heterocycles. The molecule has 0 unspecified atom stereocenters. The van der Waals surface area contributed by atoms with Crippen molar-refractivity contribution in [3.63, 3.8) is 0 Å². The Balaban J connectivity index is 4.19. The van der Waals surface area contributed by atoms with Crippen molar-refractivity contribution in [3.8, 4) is 0 Å².